The fourth-order valence-corrected chi connectivity index (χ4v) is 5.70. The van der Waals surface area contributed by atoms with E-state index in [1.54, 1.807) is 36.4 Å². The molecule has 0 saturated carbocycles. The summed E-state index contributed by atoms with van der Waals surface area (Å²) in [5.74, 6) is -2.49. The van der Waals surface area contributed by atoms with Crippen LogP contribution in [0.2, 0.25) is 0 Å². The van der Waals surface area contributed by atoms with E-state index in [4.69, 9.17) is 10.5 Å². The summed E-state index contributed by atoms with van der Waals surface area (Å²) < 4.78 is 6.77. The van der Waals surface area contributed by atoms with E-state index in [9.17, 15) is 24.5 Å². The summed E-state index contributed by atoms with van der Waals surface area (Å²) >= 11 is 1.08. The van der Waals surface area contributed by atoms with Crippen molar-refractivity contribution in [2.45, 2.75) is 5.92 Å². The van der Waals surface area contributed by atoms with Crippen LogP contribution in [-0.4, -0.2) is 28.5 Å². The van der Waals surface area contributed by atoms with Crippen molar-refractivity contribution in [2.24, 2.45) is 5.73 Å². The van der Waals surface area contributed by atoms with E-state index >= 15 is 0 Å². The predicted molar refractivity (Wildman–Crippen MR) is 152 cm³/mol. The Balaban J connectivity index is 1.79. The van der Waals surface area contributed by atoms with Crippen LogP contribution in [-0.2, 0) is 14.3 Å². The molecule has 0 spiro atoms. The van der Waals surface area contributed by atoms with Gasteiger partial charge in [-0.1, -0.05) is 60.7 Å². The number of thiazole rings is 1. The van der Waals surface area contributed by atoms with Gasteiger partial charge >= 0.3 is 5.97 Å². The maximum absolute atomic E-state index is 14.0. The van der Waals surface area contributed by atoms with Gasteiger partial charge in [0.25, 0.3) is 17.2 Å². The van der Waals surface area contributed by atoms with E-state index in [1.165, 1.54) is 31.4 Å². The molecule has 1 aliphatic heterocycles. The molecular weight excluding hydrogens is 532 g/mol. The molecule has 0 saturated heterocycles. The van der Waals surface area contributed by atoms with Crippen LogP contribution in [0, 0.1) is 10.1 Å². The Morgan fingerprint density at radius 2 is 1.62 bits per heavy atom. The first-order valence-electron chi connectivity index (χ1n) is 12.0. The lowest BCUT2D eigenvalue weighted by Crippen LogP contribution is -2.42. The molecule has 1 unspecified atom stereocenters. The number of fused-ring (bicyclic) bond motifs is 1. The third-order valence-corrected chi connectivity index (χ3v) is 7.47. The number of benzene rings is 3. The van der Waals surface area contributed by atoms with Gasteiger partial charge in [-0.25, -0.2) is 4.79 Å². The van der Waals surface area contributed by atoms with Gasteiger partial charge in [0.1, 0.15) is 10.5 Å². The number of amides is 1. The Morgan fingerprint density at radius 3 is 2.23 bits per heavy atom. The van der Waals surface area contributed by atoms with Gasteiger partial charge in [-0.15, -0.1) is 11.3 Å². The van der Waals surface area contributed by atoms with Gasteiger partial charge in [0.2, 0.25) is 0 Å². The highest BCUT2D eigenvalue weighted by Crippen LogP contribution is 2.37. The topological polar surface area (TPSA) is 147 Å². The third kappa shape index (κ3) is 4.81. The molecule has 0 bridgehead atoms. The number of non-ortho nitro benzene ring substituents is 1. The summed E-state index contributed by atoms with van der Waals surface area (Å²) in [5, 5.41) is 13.8. The molecular formula is C29H22N4O6S. The summed E-state index contributed by atoms with van der Waals surface area (Å²) in [6.07, 6.45) is 1.69. The Morgan fingerprint density at radius 1 is 1.00 bits per heavy atom. The smallest absolute Gasteiger partial charge is 0.338 e. The fraction of sp³-hybridized carbons (Fsp3) is 0.0690. The number of anilines is 1. The van der Waals surface area contributed by atoms with Crippen LogP contribution < -0.4 is 25.8 Å². The van der Waals surface area contributed by atoms with E-state index in [2.05, 4.69) is 5.32 Å². The van der Waals surface area contributed by atoms with Crippen molar-refractivity contribution in [3.8, 4) is 0 Å². The number of carbonyl (C=O) groups excluding carboxylic acids is 2. The maximum Gasteiger partial charge on any atom is 0.338 e. The first-order chi connectivity index (χ1) is 19.3. The Hall–Kier alpha value is -5.29. The molecule has 1 amide bonds. The van der Waals surface area contributed by atoms with Gasteiger partial charge in [0.15, 0.2) is 0 Å². The lowest BCUT2D eigenvalue weighted by atomic mass is 9.83. The number of nitrogens with zero attached hydrogens (tertiary/aromatic N) is 2. The second-order valence-corrected chi connectivity index (χ2v) is 9.80. The molecule has 0 radical (unpaired) electrons. The van der Waals surface area contributed by atoms with E-state index < -0.39 is 28.3 Å². The van der Waals surface area contributed by atoms with Crippen molar-refractivity contribution in [3.63, 3.8) is 0 Å². The molecule has 2 heterocycles. The van der Waals surface area contributed by atoms with E-state index in [-0.39, 0.29) is 27.3 Å². The van der Waals surface area contributed by atoms with Gasteiger partial charge in [0, 0.05) is 17.8 Å². The minimum Gasteiger partial charge on any atom is -0.466 e. The van der Waals surface area contributed by atoms with Crippen LogP contribution in [0.25, 0.3) is 17.5 Å². The highest BCUT2D eigenvalue weighted by atomic mass is 32.1. The molecule has 40 heavy (non-hydrogen) atoms. The minimum absolute atomic E-state index is 0.0544. The summed E-state index contributed by atoms with van der Waals surface area (Å²) in [7, 11) is 1.20. The number of ether oxygens (including phenoxy) is 1. The van der Waals surface area contributed by atoms with Gasteiger partial charge in [-0.05, 0) is 29.3 Å². The molecule has 3 N–H and O–H groups in total. The molecule has 5 rings (SSSR count). The number of methoxy groups -OCH3 is 1. The Bertz CT molecular complexity index is 1840. The molecule has 1 aliphatic rings. The summed E-state index contributed by atoms with van der Waals surface area (Å²) in [4.78, 5) is 51.2. The molecule has 4 aromatic rings. The fourth-order valence-electron chi connectivity index (χ4n) is 4.52. The number of nitro benzene ring substituents is 1. The summed E-state index contributed by atoms with van der Waals surface area (Å²) in [6.45, 7) is 0. The predicted octanol–water partition coefficient (Wildman–Crippen LogP) is 2.53. The first-order valence-corrected chi connectivity index (χ1v) is 12.8. The van der Waals surface area contributed by atoms with Crippen LogP contribution in [0.15, 0.2) is 95.3 Å². The highest BCUT2D eigenvalue weighted by Gasteiger charge is 2.39. The molecule has 3 aromatic carbocycles. The number of rotatable bonds is 6. The van der Waals surface area contributed by atoms with Crippen molar-refractivity contribution >= 4 is 52.1 Å². The van der Waals surface area contributed by atoms with E-state index in [0.717, 1.165) is 21.5 Å². The number of nitro groups is 1. The average molecular weight is 555 g/mol. The van der Waals surface area contributed by atoms with Crippen LogP contribution in [0.5, 0.6) is 0 Å². The van der Waals surface area contributed by atoms with Crippen molar-refractivity contribution in [3.05, 3.63) is 131 Å². The molecule has 0 fully saturated rings. The van der Waals surface area contributed by atoms with Crippen LogP contribution in [0.3, 0.4) is 0 Å². The Labute approximate surface area is 231 Å². The van der Waals surface area contributed by atoms with Crippen LogP contribution in [0.4, 0.5) is 11.4 Å². The molecule has 0 aliphatic carbocycles. The first kappa shape index (κ1) is 26.3. The number of nitrogens with one attached hydrogen (secondary N) is 1. The highest BCUT2D eigenvalue weighted by molar-refractivity contribution is 7.07. The van der Waals surface area contributed by atoms with Crippen molar-refractivity contribution in [1.29, 1.82) is 0 Å². The van der Waals surface area contributed by atoms with Crippen molar-refractivity contribution in [2.75, 3.05) is 12.4 Å². The van der Waals surface area contributed by atoms with Crippen molar-refractivity contribution in [1.82, 2.24) is 4.57 Å². The van der Waals surface area contributed by atoms with Gasteiger partial charge < -0.3 is 15.8 Å². The van der Waals surface area contributed by atoms with Gasteiger partial charge in [0.05, 0.1) is 33.6 Å². The van der Waals surface area contributed by atoms with E-state index in [1.807, 2.05) is 30.3 Å². The SMILES string of the molecule is COC(=O)C1=C(N)n2c(s/c(=C\c3ccccc3)c2=O)=C(C(=O)Nc2ccc([N+](=O)[O-])cc2)C1c1ccccc1. The number of esters is 1. The second kappa shape index (κ2) is 10.8. The quantitative estimate of drug-likeness (QED) is 0.212. The molecule has 1 aromatic heterocycles. The van der Waals surface area contributed by atoms with Crippen molar-refractivity contribution < 1.29 is 19.2 Å². The average Bonchev–Trinajstić information content (AvgIpc) is 3.29. The lowest BCUT2D eigenvalue weighted by Gasteiger charge is -2.27. The van der Waals surface area contributed by atoms with Crippen LogP contribution >= 0.6 is 11.3 Å². The summed E-state index contributed by atoms with van der Waals surface area (Å²) in [5.41, 5.74) is 7.56. The molecule has 200 valence electrons. The number of aromatic nitrogens is 1. The van der Waals surface area contributed by atoms with E-state index in [0.29, 0.717) is 15.8 Å². The van der Waals surface area contributed by atoms with Gasteiger partial charge in [-0.3, -0.25) is 24.3 Å². The minimum atomic E-state index is -0.964. The zero-order valence-corrected chi connectivity index (χ0v) is 21.9. The number of carbonyl (C=O) groups is 2. The molecule has 1 atom stereocenters. The van der Waals surface area contributed by atoms with Crippen LogP contribution in [0.1, 0.15) is 17.0 Å². The molecule has 11 heteroatoms. The number of nitrogens with two attached hydrogens (primary N) is 1. The summed E-state index contributed by atoms with van der Waals surface area (Å²) in [6, 6.07) is 23.3. The standard InChI is InChI=1S/C29H22N4O6S/c1-39-29(36)23-22(18-10-6-3-7-11-18)24(26(34)31-19-12-14-20(15-13-19)33(37)38)28-32(25(23)30)27(35)21(40-28)16-17-8-4-2-5-9-17/h2-16,22H,30H2,1H3,(H,31,34)/b21-16-. The largest absolute Gasteiger partial charge is 0.466 e. The van der Waals surface area contributed by atoms with Gasteiger partial charge in [-0.2, -0.15) is 0 Å². The number of hydrogen-bond acceptors (Lipinski definition) is 8. The Kier molecular flexibility index (Phi) is 7.13. The molecule has 10 nitrogen and oxygen atoms in total. The normalized spacial score (nSPS) is 15.0. The second-order valence-electron chi connectivity index (χ2n) is 8.77. The zero-order valence-electron chi connectivity index (χ0n) is 21.1. The third-order valence-electron chi connectivity index (χ3n) is 6.36. The zero-order chi connectivity index (χ0) is 28.4. The lowest BCUT2D eigenvalue weighted by molar-refractivity contribution is -0.384. The maximum atomic E-state index is 14.0. The monoisotopic (exact) mass is 554 g/mol. The number of hydrogen-bond donors (Lipinski definition) is 2.